The Hall–Kier alpha value is -17.1. The lowest BCUT2D eigenvalue weighted by atomic mass is 9.33. The first-order chi connectivity index (χ1) is 71.9. The Balaban J connectivity index is 0.000000163. The van der Waals surface area contributed by atoms with E-state index in [-0.39, 0.29) is 28.4 Å². The number of benzene rings is 20. The van der Waals surface area contributed by atoms with Crippen LogP contribution in [-0.4, -0.2) is 16.7 Å². The van der Waals surface area contributed by atoms with Crippen LogP contribution in [0.4, 0.5) is 103 Å². The van der Waals surface area contributed by atoms with Gasteiger partial charge in [-0.15, -0.1) is 0 Å². The van der Waals surface area contributed by atoms with Crippen LogP contribution in [0.3, 0.4) is 0 Å². The summed E-state index contributed by atoms with van der Waals surface area (Å²) in [5.74, 6) is 3.21. The van der Waals surface area contributed by atoms with Crippen LogP contribution >= 0.6 is 11.6 Å². The van der Waals surface area contributed by atoms with Crippen molar-refractivity contribution in [1.29, 1.82) is 0 Å². The average Bonchev–Trinajstić information content (AvgIpc) is 0.689. The zero-order valence-electron chi connectivity index (χ0n) is 85.7. The van der Waals surface area contributed by atoms with Crippen molar-refractivity contribution in [2.45, 2.75) is 105 Å². The van der Waals surface area contributed by atoms with Gasteiger partial charge in [-0.1, -0.05) is 422 Å². The van der Waals surface area contributed by atoms with Gasteiger partial charge in [-0.05, 0) is 294 Å². The molecule has 20 aromatic carbocycles. The van der Waals surface area contributed by atoms with Crippen LogP contribution in [0, 0.1) is 0 Å². The summed E-state index contributed by atoms with van der Waals surface area (Å²) in [5, 5.41) is 10.2. The molecule has 0 N–H and O–H groups in total. The van der Waals surface area contributed by atoms with E-state index in [9.17, 15) is 0 Å². The van der Waals surface area contributed by atoms with Crippen molar-refractivity contribution < 1.29 is 0 Å². The number of hydrogen-bond acceptors (Lipinski definition) is 8. The SMILES string of the molecule is CC(C)(C)c1ccc(N(c2cccc(-c3cccc4ccccc34)c2)c2ccc3c(n2)N(c2ccccc2)c2cc(C(C)(C)C)cc4c2B3c2ccccc2N4c2ccccc2)c(-c2cccc3ccccc23)c1.CC(C)(C)c1ccc(N(c2cccc(-c3cccc4ccccc34)c2)c2cccc(N(c3ccccc3)c3cc(C(C)(C)C)cc(N(c4ccccc4)c4ccccc4)c3Cl)n2)c(-c2cccc3ccccc23)c1. The van der Waals surface area contributed by atoms with Crippen molar-refractivity contribution in [2.75, 3.05) is 29.4 Å². The lowest BCUT2D eigenvalue weighted by Gasteiger charge is -2.44. The third kappa shape index (κ3) is 17.9. The predicted octanol–water partition coefficient (Wildman–Crippen LogP) is 37.2. The third-order valence-electron chi connectivity index (χ3n) is 29.3. The van der Waals surface area contributed by atoms with Crippen molar-refractivity contribution in [3.63, 3.8) is 0 Å². The highest BCUT2D eigenvalue weighted by Gasteiger charge is 2.46. The molecule has 148 heavy (non-hydrogen) atoms. The molecule has 0 amide bonds. The smallest absolute Gasteiger partial charge is 0.254 e. The molecular weight excluding hydrogens is 1820 g/mol. The van der Waals surface area contributed by atoms with Gasteiger partial charge in [0.1, 0.15) is 23.3 Å². The lowest BCUT2D eigenvalue weighted by Crippen LogP contribution is -2.61. The summed E-state index contributed by atoms with van der Waals surface area (Å²) in [6.07, 6.45) is 0. The van der Waals surface area contributed by atoms with Crippen LogP contribution in [0.5, 0.6) is 0 Å². The molecule has 2 aliphatic heterocycles. The Bertz CT molecular complexity index is 8690. The van der Waals surface area contributed by atoms with Crippen molar-refractivity contribution >= 4 is 181 Å². The summed E-state index contributed by atoms with van der Waals surface area (Å²) in [7, 11) is 0. The van der Waals surface area contributed by atoms with E-state index in [1.807, 2.05) is 12.1 Å². The molecule has 10 heteroatoms. The molecule has 0 bridgehead atoms. The molecule has 22 aromatic rings. The number of pyridine rings is 2. The van der Waals surface area contributed by atoms with E-state index in [0.717, 1.165) is 125 Å². The van der Waals surface area contributed by atoms with Gasteiger partial charge in [0.15, 0.2) is 0 Å². The number of para-hydroxylation sites is 6. The molecule has 0 spiro atoms. The van der Waals surface area contributed by atoms with Gasteiger partial charge in [0.25, 0.3) is 6.71 Å². The molecule has 8 nitrogen and oxygen atoms in total. The standard InChI is InChI=1S/C69H57BN4.C69H59ClN4/c1-68(2,3)49-38-40-61(58(43-49)57-35-21-25-47-23-14-16-33-55(47)57)73(53-31-19-26-48(42-53)56-34-20-24-46-22-13-15-32-54(46)56)65-41-39-60-67(71-65)74(52-29-11-8-12-30-52)64-45-50(69(4,5)6)44-63-66(64)70(60)59-36-17-18-37-62(59)72(63)51-27-9-7-10-28-51;1-68(2,3)51-42-43-62(61(45-51)60-39-22-27-49-25-17-19-37-58(49)60)74(56-35-20-28-50(44-56)59-38-21-26-48-24-16-18-36-57(48)59)66-41-23-40-65(71-66)73(55-33-14-9-15-34-55)64-47-52(69(4,5)6)46-63(67(64)70)72(53-29-10-7-11-30-53)54-31-12-8-13-32-54/h7-45H,1-6H3;7-47H,1-6H3. The number of rotatable bonds is 18. The molecule has 0 fully saturated rings. The number of hydrogen-bond donors (Lipinski definition) is 0. The predicted molar refractivity (Wildman–Crippen MR) is 633 cm³/mol. The van der Waals surface area contributed by atoms with Gasteiger partial charge in [0, 0.05) is 68.0 Å². The van der Waals surface area contributed by atoms with E-state index in [4.69, 9.17) is 21.6 Å². The number of aromatic nitrogens is 2. The minimum absolute atomic E-state index is 0.0813. The van der Waals surface area contributed by atoms with E-state index >= 15 is 0 Å². The van der Waals surface area contributed by atoms with E-state index in [1.165, 1.54) is 98.8 Å². The number of anilines is 18. The van der Waals surface area contributed by atoms with Crippen molar-refractivity contribution in [3.05, 3.63) is 513 Å². The molecule has 0 atom stereocenters. The van der Waals surface area contributed by atoms with Gasteiger partial charge >= 0.3 is 0 Å². The Morgan fingerprint density at radius 1 is 0.223 bits per heavy atom. The van der Waals surface area contributed by atoms with Crippen LogP contribution in [-0.2, 0) is 21.7 Å². The summed E-state index contributed by atoms with van der Waals surface area (Å²) >= 11 is 8.00. The summed E-state index contributed by atoms with van der Waals surface area (Å²) in [6, 6.07) is 176. The topological polar surface area (TPSA) is 45.2 Å². The summed E-state index contributed by atoms with van der Waals surface area (Å²) in [5.41, 5.74) is 31.6. The Kier molecular flexibility index (Phi) is 24.8. The number of halogens is 1. The molecule has 2 aliphatic rings. The molecule has 0 unspecified atom stereocenters. The molecule has 24 rings (SSSR count). The van der Waals surface area contributed by atoms with Crippen LogP contribution in [0.2, 0.25) is 5.02 Å². The maximum atomic E-state index is 8.00. The van der Waals surface area contributed by atoms with E-state index in [0.29, 0.717) is 10.8 Å². The lowest BCUT2D eigenvalue weighted by molar-refractivity contribution is 0.590. The van der Waals surface area contributed by atoms with Gasteiger partial charge < -0.3 is 9.80 Å². The first-order valence-corrected chi connectivity index (χ1v) is 51.9. The second-order valence-electron chi connectivity index (χ2n) is 43.0. The fourth-order valence-corrected chi connectivity index (χ4v) is 22.0. The largest absolute Gasteiger partial charge is 0.311 e. The molecule has 0 aliphatic carbocycles. The highest BCUT2D eigenvalue weighted by molar-refractivity contribution is 7.00. The molecule has 0 saturated carbocycles. The van der Waals surface area contributed by atoms with Crippen molar-refractivity contribution in [1.82, 2.24) is 9.97 Å². The minimum atomic E-state index is -0.242. The second-order valence-corrected chi connectivity index (χ2v) is 43.4. The summed E-state index contributed by atoms with van der Waals surface area (Å²) in [6.45, 7) is 27.4. The molecule has 0 saturated heterocycles. The maximum absolute atomic E-state index is 8.00. The molecular formula is C138H116BClN8. The van der Waals surface area contributed by atoms with Crippen molar-refractivity contribution in [2.24, 2.45) is 0 Å². The van der Waals surface area contributed by atoms with Crippen LogP contribution in [0.15, 0.2) is 485 Å². The van der Waals surface area contributed by atoms with Gasteiger partial charge in [-0.3, -0.25) is 19.6 Å². The first-order valence-electron chi connectivity index (χ1n) is 51.5. The monoisotopic (exact) mass is 1930 g/mol. The van der Waals surface area contributed by atoms with Gasteiger partial charge in [0.05, 0.1) is 27.8 Å². The van der Waals surface area contributed by atoms with Crippen molar-refractivity contribution in [3.8, 4) is 44.5 Å². The highest BCUT2D eigenvalue weighted by Crippen LogP contribution is 2.55. The highest BCUT2D eigenvalue weighted by atomic mass is 35.5. The van der Waals surface area contributed by atoms with E-state index in [1.54, 1.807) is 0 Å². The van der Waals surface area contributed by atoms with E-state index in [2.05, 4.69) is 586 Å². The zero-order valence-corrected chi connectivity index (χ0v) is 86.5. The molecule has 4 heterocycles. The third-order valence-corrected chi connectivity index (χ3v) is 29.7. The maximum Gasteiger partial charge on any atom is 0.254 e. The second kappa shape index (κ2) is 38.8. The van der Waals surface area contributed by atoms with Gasteiger partial charge in [-0.2, -0.15) is 0 Å². The normalized spacial score (nSPS) is 12.3. The fraction of sp³-hybridized carbons (Fsp3) is 0.116. The molecule has 0 radical (unpaired) electrons. The summed E-state index contributed by atoms with van der Waals surface area (Å²) < 4.78 is 0. The molecule has 2 aromatic heterocycles. The van der Waals surface area contributed by atoms with Gasteiger partial charge in [0.2, 0.25) is 0 Å². The van der Waals surface area contributed by atoms with E-state index < -0.39 is 0 Å². The Labute approximate surface area is 875 Å². The number of fused-ring (bicyclic) bond motifs is 8. The van der Waals surface area contributed by atoms with Crippen LogP contribution in [0.25, 0.3) is 87.6 Å². The Morgan fingerprint density at radius 3 is 1.00 bits per heavy atom. The Morgan fingerprint density at radius 2 is 0.554 bits per heavy atom. The van der Waals surface area contributed by atoms with Crippen LogP contribution < -0.4 is 45.8 Å². The van der Waals surface area contributed by atoms with Gasteiger partial charge in [-0.25, -0.2) is 9.97 Å². The molecule has 718 valence electrons. The van der Waals surface area contributed by atoms with Crippen LogP contribution in [0.1, 0.15) is 105 Å². The summed E-state index contributed by atoms with van der Waals surface area (Å²) in [4.78, 5) is 26.0. The average molecular weight is 1930 g/mol. The quantitative estimate of drug-likeness (QED) is 0.0788. The first kappa shape index (κ1) is 94.5. The number of nitrogens with zero attached hydrogens (tertiary/aromatic N) is 8. The minimum Gasteiger partial charge on any atom is -0.311 e. The zero-order chi connectivity index (χ0) is 101. The fourth-order valence-electron chi connectivity index (χ4n) is 21.7.